The predicted octanol–water partition coefficient (Wildman–Crippen LogP) is 4.56. The molecule has 0 radical (unpaired) electrons. The Hall–Kier alpha value is -2.82. The molecule has 31 heavy (non-hydrogen) atoms. The number of ether oxygens (including phenoxy) is 1. The summed E-state index contributed by atoms with van der Waals surface area (Å²) in [7, 11) is 0. The van der Waals surface area contributed by atoms with Crippen LogP contribution in [0.2, 0.25) is 0 Å². The van der Waals surface area contributed by atoms with Crippen LogP contribution in [0.5, 0.6) is 5.75 Å². The number of carbonyl (C=O) groups is 2. The van der Waals surface area contributed by atoms with E-state index in [1.165, 1.54) is 5.56 Å². The van der Waals surface area contributed by atoms with Gasteiger partial charge in [0, 0.05) is 12.6 Å². The Kier molecular flexibility index (Phi) is 9.57. The minimum Gasteiger partial charge on any atom is -0.484 e. The highest BCUT2D eigenvalue weighted by Gasteiger charge is 2.26. The fraction of sp³-hybridized carbons (Fsp3) is 0.462. The molecule has 0 heterocycles. The maximum Gasteiger partial charge on any atom is 0.261 e. The lowest BCUT2D eigenvalue weighted by Crippen LogP contribution is -2.51. The van der Waals surface area contributed by atoms with Crippen LogP contribution in [0.4, 0.5) is 0 Å². The molecule has 0 spiro atoms. The van der Waals surface area contributed by atoms with E-state index in [1.807, 2.05) is 68.4 Å². The SMILES string of the molecule is CCC(C)NC(=O)C(C)N(CCc1ccccc1)C(=O)COc1ccc(C(C)C)cc1. The maximum atomic E-state index is 13.0. The molecular weight excluding hydrogens is 388 g/mol. The molecular formula is C26H36N2O3. The fourth-order valence-corrected chi connectivity index (χ4v) is 3.21. The molecule has 2 unspecified atom stereocenters. The molecule has 0 aromatic heterocycles. The van der Waals surface area contributed by atoms with E-state index in [9.17, 15) is 9.59 Å². The van der Waals surface area contributed by atoms with E-state index in [2.05, 4.69) is 19.2 Å². The molecule has 2 atom stereocenters. The Morgan fingerprint density at radius 1 is 0.968 bits per heavy atom. The van der Waals surface area contributed by atoms with Crippen LogP contribution in [0.1, 0.15) is 58.1 Å². The lowest BCUT2D eigenvalue weighted by atomic mass is 10.0. The van der Waals surface area contributed by atoms with Crippen molar-refractivity contribution in [1.29, 1.82) is 0 Å². The van der Waals surface area contributed by atoms with Crippen molar-refractivity contribution in [1.82, 2.24) is 10.2 Å². The summed E-state index contributed by atoms with van der Waals surface area (Å²) in [6, 6.07) is 17.3. The van der Waals surface area contributed by atoms with Gasteiger partial charge in [0.25, 0.3) is 5.91 Å². The third kappa shape index (κ3) is 7.74. The molecule has 0 fully saturated rings. The number of nitrogens with zero attached hydrogens (tertiary/aromatic N) is 1. The molecule has 0 aliphatic rings. The average molecular weight is 425 g/mol. The molecule has 0 bridgehead atoms. The quantitative estimate of drug-likeness (QED) is 0.575. The monoisotopic (exact) mass is 424 g/mol. The Bertz CT molecular complexity index is 818. The first-order chi connectivity index (χ1) is 14.8. The highest BCUT2D eigenvalue weighted by Crippen LogP contribution is 2.18. The lowest BCUT2D eigenvalue weighted by molar-refractivity contribution is -0.141. The Morgan fingerprint density at radius 2 is 1.61 bits per heavy atom. The molecule has 1 N–H and O–H groups in total. The number of rotatable bonds is 11. The molecule has 2 aromatic carbocycles. The number of hydrogen-bond donors (Lipinski definition) is 1. The summed E-state index contributed by atoms with van der Waals surface area (Å²) in [5, 5.41) is 2.98. The summed E-state index contributed by atoms with van der Waals surface area (Å²) in [5.74, 6) is 0.749. The second-order valence-electron chi connectivity index (χ2n) is 8.33. The average Bonchev–Trinajstić information content (AvgIpc) is 2.78. The largest absolute Gasteiger partial charge is 0.484 e. The number of carbonyl (C=O) groups excluding carboxylic acids is 2. The summed E-state index contributed by atoms with van der Waals surface area (Å²) in [6.07, 6.45) is 1.52. The second kappa shape index (κ2) is 12.1. The third-order valence-corrected chi connectivity index (χ3v) is 5.56. The zero-order chi connectivity index (χ0) is 22.8. The van der Waals surface area contributed by atoms with Gasteiger partial charge in [0.1, 0.15) is 11.8 Å². The van der Waals surface area contributed by atoms with Crippen molar-refractivity contribution in [2.75, 3.05) is 13.2 Å². The van der Waals surface area contributed by atoms with Gasteiger partial charge in [0.15, 0.2) is 6.61 Å². The minimum atomic E-state index is -0.572. The van der Waals surface area contributed by atoms with Gasteiger partial charge < -0.3 is 15.0 Å². The smallest absolute Gasteiger partial charge is 0.261 e. The first-order valence-corrected chi connectivity index (χ1v) is 11.2. The van der Waals surface area contributed by atoms with Gasteiger partial charge in [-0.15, -0.1) is 0 Å². The minimum absolute atomic E-state index is 0.0664. The van der Waals surface area contributed by atoms with Gasteiger partial charge in [-0.2, -0.15) is 0 Å². The molecule has 5 heteroatoms. The molecule has 2 aromatic rings. The third-order valence-electron chi connectivity index (χ3n) is 5.56. The highest BCUT2D eigenvalue weighted by atomic mass is 16.5. The van der Waals surface area contributed by atoms with Crippen molar-refractivity contribution in [3.05, 3.63) is 65.7 Å². The van der Waals surface area contributed by atoms with Crippen LogP contribution < -0.4 is 10.1 Å². The number of amides is 2. The number of nitrogens with one attached hydrogen (secondary N) is 1. The van der Waals surface area contributed by atoms with Crippen molar-refractivity contribution in [3.63, 3.8) is 0 Å². The molecule has 0 aliphatic heterocycles. The topological polar surface area (TPSA) is 58.6 Å². The second-order valence-corrected chi connectivity index (χ2v) is 8.33. The first kappa shape index (κ1) is 24.4. The zero-order valence-corrected chi connectivity index (χ0v) is 19.4. The van der Waals surface area contributed by atoms with E-state index in [1.54, 1.807) is 11.8 Å². The van der Waals surface area contributed by atoms with Crippen LogP contribution in [0.15, 0.2) is 54.6 Å². The molecule has 5 nitrogen and oxygen atoms in total. The molecule has 2 rings (SSSR count). The standard InChI is InChI=1S/C26H36N2O3/c1-6-20(4)27-26(30)21(5)28(17-16-22-10-8-7-9-11-22)25(29)18-31-24-14-12-23(13-15-24)19(2)3/h7-15,19-21H,6,16-18H2,1-5H3,(H,27,30). The van der Waals surface area contributed by atoms with E-state index in [0.29, 0.717) is 24.6 Å². The van der Waals surface area contributed by atoms with E-state index < -0.39 is 6.04 Å². The van der Waals surface area contributed by atoms with Crippen molar-refractivity contribution < 1.29 is 14.3 Å². The summed E-state index contributed by atoms with van der Waals surface area (Å²) in [4.78, 5) is 27.4. The van der Waals surface area contributed by atoms with Gasteiger partial charge in [0.2, 0.25) is 5.91 Å². The molecule has 0 saturated carbocycles. The molecule has 0 saturated heterocycles. The van der Waals surface area contributed by atoms with Gasteiger partial charge in [-0.05, 0) is 55.9 Å². The van der Waals surface area contributed by atoms with E-state index in [4.69, 9.17) is 4.74 Å². The van der Waals surface area contributed by atoms with Crippen LogP contribution in [0, 0.1) is 0 Å². The van der Waals surface area contributed by atoms with Crippen molar-refractivity contribution in [2.45, 2.75) is 65.5 Å². The van der Waals surface area contributed by atoms with Gasteiger partial charge in [-0.25, -0.2) is 0 Å². The van der Waals surface area contributed by atoms with Gasteiger partial charge in [0.05, 0.1) is 0 Å². The van der Waals surface area contributed by atoms with Crippen molar-refractivity contribution in [2.24, 2.45) is 0 Å². The summed E-state index contributed by atoms with van der Waals surface area (Å²) in [6.45, 7) is 10.4. The van der Waals surface area contributed by atoms with Gasteiger partial charge >= 0.3 is 0 Å². The normalized spacial score (nSPS) is 12.8. The van der Waals surface area contributed by atoms with Crippen molar-refractivity contribution >= 4 is 11.8 Å². The number of benzene rings is 2. The highest BCUT2D eigenvalue weighted by molar-refractivity contribution is 5.88. The molecule has 168 valence electrons. The Labute approximate surface area is 186 Å². The zero-order valence-electron chi connectivity index (χ0n) is 19.4. The Morgan fingerprint density at radius 3 is 2.19 bits per heavy atom. The van der Waals surface area contributed by atoms with Crippen molar-refractivity contribution in [3.8, 4) is 5.75 Å². The van der Waals surface area contributed by atoms with Crippen LogP contribution in [0.3, 0.4) is 0 Å². The van der Waals surface area contributed by atoms with Crippen LogP contribution in [-0.2, 0) is 16.0 Å². The lowest BCUT2D eigenvalue weighted by Gasteiger charge is -2.29. The van der Waals surface area contributed by atoms with E-state index >= 15 is 0 Å². The van der Waals surface area contributed by atoms with Crippen LogP contribution in [0.25, 0.3) is 0 Å². The Balaban J connectivity index is 2.05. The maximum absolute atomic E-state index is 13.0. The van der Waals surface area contributed by atoms with Crippen LogP contribution >= 0.6 is 0 Å². The van der Waals surface area contributed by atoms with Gasteiger partial charge in [-0.1, -0.05) is 63.2 Å². The van der Waals surface area contributed by atoms with Gasteiger partial charge in [-0.3, -0.25) is 9.59 Å². The van der Waals surface area contributed by atoms with Crippen LogP contribution in [-0.4, -0.2) is 41.9 Å². The fourth-order valence-electron chi connectivity index (χ4n) is 3.21. The summed E-state index contributed by atoms with van der Waals surface area (Å²) < 4.78 is 5.74. The molecule has 0 aliphatic carbocycles. The first-order valence-electron chi connectivity index (χ1n) is 11.2. The predicted molar refractivity (Wildman–Crippen MR) is 125 cm³/mol. The van der Waals surface area contributed by atoms with E-state index in [0.717, 1.165) is 12.0 Å². The van der Waals surface area contributed by atoms with E-state index in [-0.39, 0.29) is 24.5 Å². The summed E-state index contributed by atoms with van der Waals surface area (Å²) >= 11 is 0. The number of hydrogen-bond acceptors (Lipinski definition) is 3. The molecule has 2 amide bonds. The summed E-state index contributed by atoms with van der Waals surface area (Å²) in [5.41, 5.74) is 2.35.